The molecule has 2 rings (SSSR count). The van der Waals surface area contributed by atoms with E-state index in [1.54, 1.807) is 0 Å². The van der Waals surface area contributed by atoms with Gasteiger partial charge >= 0.3 is 0 Å². The van der Waals surface area contributed by atoms with Gasteiger partial charge in [-0.1, -0.05) is 0 Å². The molecule has 0 aromatic carbocycles. The van der Waals surface area contributed by atoms with Gasteiger partial charge in [0.25, 0.3) is 5.91 Å². The van der Waals surface area contributed by atoms with Crippen LogP contribution in [0.25, 0.3) is 0 Å². The number of aromatic nitrogens is 1. The molecule has 0 spiro atoms. The Morgan fingerprint density at radius 2 is 2.29 bits per heavy atom. The monoisotopic (exact) mass is 316 g/mol. The zero-order chi connectivity index (χ0) is 12.3. The summed E-state index contributed by atoms with van der Waals surface area (Å²) in [5, 5.41) is 3.13. The normalized spacial score (nSPS) is 17.1. The SMILES string of the molecule is CCn1cc(Br)cc1C(=O)NC1CCSCC1. The smallest absolute Gasteiger partial charge is 0.268 e. The van der Waals surface area contributed by atoms with Crippen LogP contribution in [-0.4, -0.2) is 28.0 Å². The number of carbonyl (C=O) groups excluding carboxylic acids is 1. The van der Waals surface area contributed by atoms with Gasteiger partial charge in [-0.05, 0) is 53.3 Å². The van der Waals surface area contributed by atoms with Gasteiger partial charge < -0.3 is 9.88 Å². The van der Waals surface area contributed by atoms with Crippen molar-refractivity contribution in [1.82, 2.24) is 9.88 Å². The summed E-state index contributed by atoms with van der Waals surface area (Å²) in [5.41, 5.74) is 0.748. The Morgan fingerprint density at radius 1 is 1.59 bits per heavy atom. The molecule has 0 radical (unpaired) electrons. The Kier molecular flexibility index (Phi) is 4.56. The van der Waals surface area contributed by atoms with Crippen LogP contribution in [0.1, 0.15) is 30.3 Å². The highest BCUT2D eigenvalue weighted by Crippen LogP contribution is 2.19. The first-order valence-corrected chi connectivity index (χ1v) is 7.89. The van der Waals surface area contributed by atoms with E-state index >= 15 is 0 Å². The van der Waals surface area contributed by atoms with Gasteiger partial charge in [-0.15, -0.1) is 0 Å². The maximum atomic E-state index is 12.1. The predicted molar refractivity (Wildman–Crippen MR) is 75.6 cm³/mol. The largest absolute Gasteiger partial charge is 0.348 e. The highest BCUT2D eigenvalue weighted by Gasteiger charge is 2.19. The number of rotatable bonds is 3. The van der Waals surface area contributed by atoms with E-state index in [2.05, 4.69) is 21.2 Å². The number of aryl methyl sites for hydroxylation is 1. The molecule has 0 saturated carbocycles. The van der Waals surface area contributed by atoms with Gasteiger partial charge in [0.1, 0.15) is 5.69 Å². The summed E-state index contributed by atoms with van der Waals surface area (Å²) in [6.07, 6.45) is 4.13. The van der Waals surface area contributed by atoms with Crippen molar-refractivity contribution in [3.05, 3.63) is 22.4 Å². The Hall–Kier alpha value is -0.420. The van der Waals surface area contributed by atoms with Crippen LogP contribution in [-0.2, 0) is 6.54 Å². The first-order chi connectivity index (χ1) is 8.20. The van der Waals surface area contributed by atoms with Crippen molar-refractivity contribution in [2.24, 2.45) is 0 Å². The Morgan fingerprint density at radius 3 is 2.94 bits per heavy atom. The molecule has 5 heteroatoms. The second-order valence-corrected chi connectivity index (χ2v) is 6.33. The van der Waals surface area contributed by atoms with Crippen LogP contribution in [0.2, 0.25) is 0 Å². The number of nitrogens with zero attached hydrogens (tertiary/aromatic N) is 1. The lowest BCUT2D eigenvalue weighted by molar-refractivity contribution is 0.0925. The number of nitrogens with one attached hydrogen (secondary N) is 1. The molecule has 1 aromatic heterocycles. The van der Waals surface area contributed by atoms with Crippen LogP contribution in [0.4, 0.5) is 0 Å². The van der Waals surface area contributed by atoms with Crippen molar-refractivity contribution in [2.45, 2.75) is 32.4 Å². The molecule has 1 saturated heterocycles. The average molecular weight is 317 g/mol. The molecule has 94 valence electrons. The number of amides is 1. The third kappa shape index (κ3) is 3.28. The molecule has 1 aromatic rings. The molecule has 1 aliphatic rings. The van der Waals surface area contributed by atoms with Gasteiger partial charge in [0.2, 0.25) is 0 Å². The highest BCUT2D eigenvalue weighted by molar-refractivity contribution is 9.10. The lowest BCUT2D eigenvalue weighted by Gasteiger charge is -2.22. The van der Waals surface area contributed by atoms with E-state index in [1.165, 1.54) is 0 Å². The summed E-state index contributed by atoms with van der Waals surface area (Å²) in [6, 6.07) is 2.24. The topological polar surface area (TPSA) is 34.0 Å². The summed E-state index contributed by atoms with van der Waals surface area (Å²) in [5.74, 6) is 2.36. The van der Waals surface area contributed by atoms with Gasteiger partial charge in [0.15, 0.2) is 0 Å². The maximum Gasteiger partial charge on any atom is 0.268 e. The molecule has 0 unspecified atom stereocenters. The first kappa shape index (κ1) is 13.0. The molecular formula is C12H17BrN2OS. The second kappa shape index (κ2) is 5.96. The van der Waals surface area contributed by atoms with Crippen molar-refractivity contribution in [1.29, 1.82) is 0 Å². The maximum absolute atomic E-state index is 12.1. The van der Waals surface area contributed by atoms with Crippen molar-refractivity contribution < 1.29 is 4.79 Å². The Labute approximate surface area is 114 Å². The minimum Gasteiger partial charge on any atom is -0.348 e. The molecule has 3 nitrogen and oxygen atoms in total. The lowest BCUT2D eigenvalue weighted by Crippen LogP contribution is -2.38. The standard InChI is InChI=1S/C12H17BrN2OS/c1-2-15-8-9(13)7-11(15)12(16)14-10-3-5-17-6-4-10/h7-8,10H,2-6H2,1H3,(H,14,16). The van der Waals surface area contributed by atoms with Crippen molar-refractivity contribution >= 4 is 33.6 Å². The van der Waals surface area contributed by atoms with E-state index in [0.29, 0.717) is 6.04 Å². The van der Waals surface area contributed by atoms with Gasteiger partial charge in [0.05, 0.1) is 0 Å². The molecule has 1 aliphatic heterocycles. The van der Waals surface area contributed by atoms with Crippen LogP contribution in [0.15, 0.2) is 16.7 Å². The van der Waals surface area contributed by atoms with Crippen LogP contribution in [0.5, 0.6) is 0 Å². The molecule has 1 amide bonds. The summed E-state index contributed by atoms with van der Waals surface area (Å²) in [4.78, 5) is 12.1. The molecule has 17 heavy (non-hydrogen) atoms. The molecular weight excluding hydrogens is 300 g/mol. The van der Waals surface area contributed by atoms with E-state index < -0.39 is 0 Å². The molecule has 0 atom stereocenters. The van der Waals surface area contributed by atoms with Gasteiger partial charge in [-0.3, -0.25) is 4.79 Å². The molecule has 0 bridgehead atoms. The zero-order valence-corrected chi connectivity index (χ0v) is 12.3. The second-order valence-electron chi connectivity index (χ2n) is 4.19. The van der Waals surface area contributed by atoms with E-state index in [0.717, 1.165) is 41.1 Å². The third-order valence-electron chi connectivity index (χ3n) is 2.99. The Bertz CT molecular complexity index is 399. The third-order valence-corrected chi connectivity index (χ3v) is 4.48. The highest BCUT2D eigenvalue weighted by atomic mass is 79.9. The first-order valence-electron chi connectivity index (χ1n) is 5.95. The number of carbonyl (C=O) groups is 1. The minimum atomic E-state index is 0.0504. The summed E-state index contributed by atoms with van der Waals surface area (Å²) < 4.78 is 2.93. The van der Waals surface area contributed by atoms with Crippen LogP contribution in [0, 0.1) is 0 Å². The van der Waals surface area contributed by atoms with Crippen LogP contribution in [0.3, 0.4) is 0 Å². The lowest BCUT2D eigenvalue weighted by atomic mass is 10.1. The number of halogens is 1. The zero-order valence-electron chi connectivity index (χ0n) is 9.91. The van der Waals surface area contributed by atoms with E-state index in [9.17, 15) is 4.79 Å². The molecule has 1 N–H and O–H groups in total. The predicted octanol–water partition coefficient (Wildman–Crippen LogP) is 2.90. The Balaban J connectivity index is 2.02. The van der Waals surface area contributed by atoms with Gasteiger partial charge in [-0.2, -0.15) is 11.8 Å². The molecule has 0 aliphatic carbocycles. The van der Waals surface area contributed by atoms with Crippen molar-refractivity contribution in [3.63, 3.8) is 0 Å². The van der Waals surface area contributed by atoms with Crippen LogP contribution < -0.4 is 5.32 Å². The van der Waals surface area contributed by atoms with E-state index in [4.69, 9.17) is 0 Å². The van der Waals surface area contributed by atoms with Crippen LogP contribution >= 0.6 is 27.7 Å². The molecule has 1 fully saturated rings. The minimum absolute atomic E-state index is 0.0504. The van der Waals surface area contributed by atoms with Crippen molar-refractivity contribution in [2.75, 3.05) is 11.5 Å². The average Bonchev–Trinajstić information content (AvgIpc) is 2.72. The van der Waals surface area contributed by atoms with Gasteiger partial charge in [0, 0.05) is 23.3 Å². The fraction of sp³-hybridized carbons (Fsp3) is 0.583. The number of hydrogen-bond donors (Lipinski definition) is 1. The van der Waals surface area contributed by atoms with Gasteiger partial charge in [-0.25, -0.2) is 0 Å². The van der Waals surface area contributed by atoms with E-state index in [-0.39, 0.29) is 5.91 Å². The van der Waals surface area contributed by atoms with E-state index in [1.807, 2.05) is 35.5 Å². The fourth-order valence-electron chi connectivity index (χ4n) is 2.03. The summed E-state index contributed by atoms with van der Waals surface area (Å²) in [7, 11) is 0. The fourth-order valence-corrected chi connectivity index (χ4v) is 3.60. The molecule has 2 heterocycles. The van der Waals surface area contributed by atoms with Crippen molar-refractivity contribution in [3.8, 4) is 0 Å². The number of thioether (sulfide) groups is 1. The summed E-state index contributed by atoms with van der Waals surface area (Å²) >= 11 is 5.38. The summed E-state index contributed by atoms with van der Waals surface area (Å²) in [6.45, 7) is 2.86. The number of hydrogen-bond acceptors (Lipinski definition) is 2. The quantitative estimate of drug-likeness (QED) is 0.930.